The van der Waals surface area contributed by atoms with Crippen molar-refractivity contribution in [2.24, 2.45) is 0 Å². The van der Waals surface area contributed by atoms with Crippen LogP contribution >= 0.6 is 11.3 Å². The van der Waals surface area contributed by atoms with Gasteiger partial charge in [0.15, 0.2) is 0 Å². The lowest BCUT2D eigenvalue weighted by atomic mass is 10.1. The summed E-state index contributed by atoms with van der Waals surface area (Å²) >= 11 is 1.62. The Hall–Kier alpha value is -3.10. The number of benzene rings is 2. The highest BCUT2D eigenvalue weighted by Crippen LogP contribution is 2.29. The summed E-state index contributed by atoms with van der Waals surface area (Å²) in [4.78, 5) is 16.9. The molecular formula is C23H22N4O3S. The standard InChI is InChI=1S/C23H22N4O3S/c28-20(24-17-8-10-29-11-9-17)13-21-26-27-22(30-21)14-23-25-18-7-6-16(12-19(18)31-23)15-4-2-1-3-5-15/h1-7,12,17H,8-11,13-14H2,(H,24,28). The van der Waals surface area contributed by atoms with Gasteiger partial charge in [-0.3, -0.25) is 4.79 Å². The predicted octanol–water partition coefficient (Wildman–Crippen LogP) is 3.77. The van der Waals surface area contributed by atoms with Crippen LogP contribution in [0.2, 0.25) is 0 Å². The van der Waals surface area contributed by atoms with Crippen molar-refractivity contribution in [1.82, 2.24) is 20.5 Å². The van der Waals surface area contributed by atoms with Crippen LogP contribution in [0.4, 0.5) is 0 Å². The summed E-state index contributed by atoms with van der Waals surface area (Å²) in [5.74, 6) is 0.693. The normalized spacial score (nSPS) is 14.7. The highest BCUT2D eigenvalue weighted by atomic mass is 32.1. The van der Waals surface area contributed by atoms with Crippen molar-refractivity contribution in [2.45, 2.75) is 31.7 Å². The fourth-order valence-electron chi connectivity index (χ4n) is 3.68. The molecular weight excluding hydrogens is 412 g/mol. The van der Waals surface area contributed by atoms with E-state index >= 15 is 0 Å². The minimum absolute atomic E-state index is 0.0879. The second kappa shape index (κ2) is 8.95. The number of carbonyl (C=O) groups is 1. The summed E-state index contributed by atoms with van der Waals surface area (Å²) in [7, 11) is 0. The van der Waals surface area contributed by atoms with Crippen LogP contribution < -0.4 is 5.32 Å². The van der Waals surface area contributed by atoms with E-state index in [1.165, 1.54) is 11.1 Å². The molecule has 0 aliphatic carbocycles. The molecule has 31 heavy (non-hydrogen) atoms. The Kier molecular flexibility index (Phi) is 5.73. The quantitative estimate of drug-likeness (QED) is 0.497. The van der Waals surface area contributed by atoms with E-state index in [9.17, 15) is 4.79 Å². The van der Waals surface area contributed by atoms with E-state index in [1.54, 1.807) is 11.3 Å². The second-order valence-corrected chi connectivity index (χ2v) is 8.67. The molecule has 3 heterocycles. The van der Waals surface area contributed by atoms with Crippen molar-refractivity contribution in [2.75, 3.05) is 13.2 Å². The molecule has 0 atom stereocenters. The number of hydrogen-bond acceptors (Lipinski definition) is 7. The van der Waals surface area contributed by atoms with Crippen molar-refractivity contribution in [3.8, 4) is 11.1 Å². The van der Waals surface area contributed by atoms with Gasteiger partial charge in [-0.15, -0.1) is 21.5 Å². The van der Waals surface area contributed by atoms with Crippen LogP contribution in [0.15, 0.2) is 52.9 Å². The third-order valence-corrected chi connectivity index (χ3v) is 6.27. The van der Waals surface area contributed by atoms with Gasteiger partial charge in [0.2, 0.25) is 17.7 Å². The Morgan fingerprint density at radius 3 is 2.68 bits per heavy atom. The van der Waals surface area contributed by atoms with E-state index in [-0.39, 0.29) is 18.4 Å². The molecule has 8 heteroatoms. The van der Waals surface area contributed by atoms with Crippen LogP contribution in [0.3, 0.4) is 0 Å². The zero-order chi connectivity index (χ0) is 21.0. The van der Waals surface area contributed by atoms with Crippen LogP contribution in [0.25, 0.3) is 21.3 Å². The van der Waals surface area contributed by atoms with Gasteiger partial charge in [0.25, 0.3) is 0 Å². The Labute approximate surface area is 183 Å². The molecule has 4 aromatic rings. The number of fused-ring (bicyclic) bond motifs is 1. The maximum atomic E-state index is 12.2. The van der Waals surface area contributed by atoms with Gasteiger partial charge in [-0.05, 0) is 36.1 Å². The molecule has 2 aromatic carbocycles. The first-order valence-corrected chi connectivity index (χ1v) is 11.2. The number of thiazole rings is 1. The van der Waals surface area contributed by atoms with Crippen LogP contribution in [-0.2, 0) is 22.4 Å². The average molecular weight is 435 g/mol. The molecule has 1 fully saturated rings. The number of aromatic nitrogens is 3. The van der Waals surface area contributed by atoms with Gasteiger partial charge in [-0.1, -0.05) is 36.4 Å². The molecule has 0 spiro atoms. The first-order chi connectivity index (χ1) is 15.2. The fourth-order valence-corrected chi connectivity index (χ4v) is 4.67. The van der Waals surface area contributed by atoms with Crippen LogP contribution in [0.1, 0.15) is 29.6 Å². The van der Waals surface area contributed by atoms with Crippen LogP contribution in [0, 0.1) is 0 Å². The lowest BCUT2D eigenvalue weighted by Gasteiger charge is -2.22. The van der Waals surface area contributed by atoms with Crippen molar-refractivity contribution in [3.63, 3.8) is 0 Å². The molecule has 1 amide bonds. The fraction of sp³-hybridized carbons (Fsp3) is 0.304. The van der Waals surface area contributed by atoms with Crippen LogP contribution in [0.5, 0.6) is 0 Å². The van der Waals surface area contributed by atoms with Crippen molar-refractivity contribution in [1.29, 1.82) is 0 Å². The lowest BCUT2D eigenvalue weighted by Crippen LogP contribution is -2.39. The molecule has 0 saturated carbocycles. The summed E-state index contributed by atoms with van der Waals surface area (Å²) < 4.78 is 12.1. The van der Waals surface area contributed by atoms with Gasteiger partial charge in [-0.25, -0.2) is 4.98 Å². The number of amides is 1. The monoisotopic (exact) mass is 434 g/mol. The predicted molar refractivity (Wildman–Crippen MR) is 118 cm³/mol. The maximum absolute atomic E-state index is 12.2. The highest BCUT2D eigenvalue weighted by Gasteiger charge is 2.18. The summed E-state index contributed by atoms with van der Waals surface area (Å²) in [6.07, 6.45) is 2.22. The lowest BCUT2D eigenvalue weighted by molar-refractivity contribution is -0.122. The van der Waals surface area contributed by atoms with E-state index in [2.05, 4.69) is 44.8 Å². The highest BCUT2D eigenvalue weighted by molar-refractivity contribution is 7.18. The molecule has 0 bridgehead atoms. The van der Waals surface area contributed by atoms with E-state index in [0.717, 1.165) is 28.1 Å². The summed E-state index contributed by atoms with van der Waals surface area (Å²) in [5.41, 5.74) is 3.30. The first-order valence-electron chi connectivity index (χ1n) is 10.4. The van der Waals surface area contributed by atoms with Gasteiger partial charge < -0.3 is 14.5 Å². The summed E-state index contributed by atoms with van der Waals surface area (Å²) in [6.45, 7) is 1.37. The summed E-state index contributed by atoms with van der Waals surface area (Å²) in [6, 6.07) is 16.7. The van der Waals surface area contributed by atoms with Crippen molar-refractivity contribution < 1.29 is 13.9 Å². The molecule has 1 N–H and O–H groups in total. The molecule has 0 unspecified atom stereocenters. The third kappa shape index (κ3) is 4.81. The molecule has 1 saturated heterocycles. The van der Waals surface area contributed by atoms with Gasteiger partial charge in [0, 0.05) is 19.3 Å². The third-order valence-electron chi connectivity index (χ3n) is 5.25. The van der Waals surface area contributed by atoms with Gasteiger partial charge in [-0.2, -0.15) is 0 Å². The molecule has 2 aromatic heterocycles. The van der Waals surface area contributed by atoms with Crippen molar-refractivity contribution >= 4 is 27.5 Å². The zero-order valence-electron chi connectivity index (χ0n) is 16.9. The molecule has 0 radical (unpaired) electrons. The Bertz CT molecular complexity index is 1180. The van der Waals surface area contributed by atoms with Gasteiger partial charge in [0.05, 0.1) is 16.6 Å². The number of hydrogen-bond donors (Lipinski definition) is 1. The van der Waals surface area contributed by atoms with Gasteiger partial charge in [0.1, 0.15) is 11.4 Å². The topological polar surface area (TPSA) is 90.1 Å². The minimum atomic E-state index is -0.101. The molecule has 7 nitrogen and oxygen atoms in total. The van der Waals surface area contributed by atoms with Crippen molar-refractivity contribution in [3.05, 3.63) is 65.3 Å². The van der Waals surface area contributed by atoms with E-state index in [4.69, 9.17) is 9.15 Å². The SMILES string of the molecule is O=C(Cc1nnc(Cc2nc3ccc(-c4ccccc4)cc3s2)o1)NC1CCOCC1. The Morgan fingerprint density at radius 1 is 1.03 bits per heavy atom. The molecule has 1 aliphatic heterocycles. The number of carbonyl (C=O) groups excluding carboxylic acids is 1. The zero-order valence-corrected chi connectivity index (χ0v) is 17.7. The van der Waals surface area contributed by atoms with Crippen LogP contribution in [-0.4, -0.2) is 40.3 Å². The number of nitrogens with one attached hydrogen (secondary N) is 1. The minimum Gasteiger partial charge on any atom is -0.424 e. The smallest absolute Gasteiger partial charge is 0.229 e. The second-order valence-electron chi connectivity index (χ2n) is 7.55. The molecule has 158 valence electrons. The molecule has 1 aliphatic rings. The Morgan fingerprint density at radius 2 is 1.84 bits per heavy atom. The first kappa shape index (κ1) is 19.8. The number of rotatable bonds is 6. The van der Waals surface area contributed by atoms with E-state index in [0.29, 0.717) is 31.4 Å². The maximum Gasteiger partial charge on any atom is 0.229 e. The average Bonchev–Trinajstić information content (AvgIpc) is 3.40. The largest absolute Gasteiger partial charge is 0.424 e. The van der Waals surface area contributed by atoms with E-state index in [1.807, 2.05) is 24.3 Å². The summed E-state index contributed by atoms with van der Waals surface area (Å²) in [5, 5.41) is 12.0. The van der Waals surface area contributed by atoms with E-state index < -0.39 is 0 Å². The Balaban J connectivity index is 1.24. The number of nitrogens with zero attached hydrogens (tertiary/aromatic N) is 3. The molecule has 5 rings (SSSR count). The van der Waals surface area contributed by atoms with Gasteiger partial charge >= 0.3 is 0 Å². The number of ether oxygens (including phenoxy) is 1.